The molecule has 4 heteroatoms. The van der Waals surface area contributed by atoms with Crippen LogP contribution in [0.3, 0.4) is 0 Å². The first kappa shape index (κ1) is 14.6. The summed E-state index contributed by atoms with van der Waals surface area (Å²) in [5.74, 6) is -0.725. The lowest BCUT2D eigenvalue weighted by Crippen LogP contribution is -2.43. The maximum absolute atomic E-state index is 12.0. The van der Waals surface area contributed by atoms with Crippen LogP contribution >= 0.6 is 0 Å². The number of nitrogens with one attached hydrogen (secondary N) is 1. The van der Waals surface area contributed by atoms with Gasteiger partial charge in [-0.25, -0.2) is 4.79 Å². The molecule has 0 aliphatic heterocycles. The summed E-state index contributed by atoms with van der Waals surface area (Å²) in [4.78, 5) is 23.2. The minimum absolute atomic E-state index is 0.0754. The van der Waals surface area contributed by atoms with E-state index in [0.29, 0.717) is 18.8 Å². The lowest BCUT2D eigenvalue weighted by Gasteiger charge is -2.17. The topological polar surface area (TPSA) is 66.4 Å². The molecule has 1 aromatic carbocycles. The monoisotopic (exact) mass is 275 g/mol. The van der Waals surface area contributed by atoms with Gasteiger partial charge in [0.25, 0.3) is 0 Å². The first-order chi connectivity index (χ1) is 9.58. The van der Waals surface area contributed by atoms with Gasteiger partial charge in [0.05, 0.1) is 0 Å². The SMILES string of the molecule is CC(C(=O)N[C@@H](CCc1ccccc1)C(=O)O)C1CC1. The van der Waals surface area contributed by atoms with Crippen LogP contribution < -0.4 is 5.32 Å². The predicted molar refractivity (Wildman–Crippen MR) is 76.2 cm³/mol. The second-order valence-electron chi connectivity index (χ2n) is 5.55. The summed E-state index contributed by atoms with van der Waals surface area (Å²) < 4.78 is 0. The van der Waals surface area contributed by atoms with E-state index in [-0.39, 0.29) is 11.8 Å². The molecule has 1 fully saturated rings. The Kier molecular flexibility index (Phi) is 4.77. The third-order valence-electron chi connectivity index (χ3n) is 3.92. The summed E-state index contributed by atoms with van der Waals surface area (Å²) in [6.07, 6.45) is 3.23. The predicted octanol–water partition coefficient (Wildman–Crippen LogP) is 2.23. The molecule has 2 N–H and O–H groups in total. The first-order valence-corrected chi connectivity index (χ1v) is 7.15. The molecule has 20 heavy (non-hydrogen) atoms. The standard InChI is InChI=1S/C16H21NO3/c1-11(13-8-9-13)15(18)17-14(16(19)20)10-7-12-5-3-2-4-6-12/h2-6,11,13-14H,7-10H2,1H3,(H,17,18)(H,19,20)/t11?,14-/m0/s1. The molecule has 0 spiro atoms. The summed E-state index contributed by atoms with van der Waals surface area (Å²) in [6.45, 7) is 1.88. The molecule has 0 heterocycles. The van der Waals surface area contributed by atoms with Gasteiger partial charge in [-0.05, 0) is 37.2 Å². The van der Waals surface area contributed by atoms with E-state index >= 15 is 0 Å². The van der Waals surface area contributed by atoms with E-state index in [1.807, 2.05) is 37.3 Å². The fourth-order valence-corrected chi connectivity index (χ4v) is 2.33. The van der Waals surface area contributed by atoms with E-state index in [2.05, 4.69) is 5.32 Å². The summed E-state index contributed by atoms with van der Waals surface area (Å²) in [5, 5.41) is 11.9. The molecule has 1 aliphatic rings. The van der Waals surface area contributed by atoms with Crippen LogP contribution in [-0.4, -0.2) is 23.0 Å². The molecule has 108 valence electrons. The van der Waals surface area contributed by atoms with Crippen molar-refractivity contribution < 1.29 is 14.7 Å². The molecule has 0 bridgehead atoms. The van der Waals surface area contributed by atoms with Crippen molar-refractivity contribution >= 4 is 11.9 Å². The molecular formula is C16H21NO3. The van der Waals surface area contributed by atoms with Crippen LogP contribution in [0.1, 0.15) is 31.7 Å². The van der Waals surface area contributed by atoms with Gasteiger partial charge in [0.2, 0.25) is 5.91 Å². The van der Waals surface area contributed by atoms with Crippen LogP contribution in [0.25, 0.3) is 0 Å². The average molecular weight is 275 g/mol. The Morgan fingerprint density at radius 1 is 1.30 bits per heavy atom. The summed E-state index contributed by atoms with van der Waals surface area (Å²) in [5.41, 5.74) is 1.09. The summed E-state index contributed by atoms with van der Waals surface area (Å²) in [6, 6.07) is 8.92. The number of carboxylic acid groups (broad SMARTS) is 1. The Morgan fingerprint density at radius 2 is 1.95 bits per heavy atom. The molecule has 1 aromatic rings. The number of aryl methyl sites for hydroxylation is 1. The van der Waals surface area contributed by atoms with Crippen molar-refractivity contribution in [1.29, 1.82) is 0 Å². The molecule has 1 saturated carbocycles. The Balaban J connectivity index is 1.86. The second-order valence-corrected chi connectivity index (χ2v) is 5.55. The van der Waals surface area contributed by atoms with Gasteiger partial charge in [-0.1, -0.05) is 37.3 Å². The molecule has 0 saturated heterocycles. The van der Waals surface area contributed by atoms with Crippen molar-refractivity contribution in [2.75, 3.05) is 0 Å². The van der Waals surface area contributed by atoms with Crippen molar-refractivity contribution in [3.8, 4) is 0 Å². The number of hydrogen-bond acceptors (Lipinski definition) is 2. The van der Waals surface area contributed by atoms with Crippen LogP contribution in [0, 0.1) is 11.8 Å². The van der Waals surface area contributed by atoms with Crippen molar-refractivity contribution in [2.45, 2.75) is 38.6 Å². The fourth-order valence-electron chi connectivity index (χ4n) is 2.33. The molecule has 1 amide bonds. The number of benzene rings is 1. The highest BCUT2D eigenvalue weighted by Crippen LogP contribution is 2.36. The van der Waals surface area contributed by atoms with Crippen LogP contribution in [-0.2, 0) is 16.0 Å². The zero-order chi connectivity index (χ0) is 14.5. The van der Waals surface area contributed by atoms with E-state index in [1.54, 1.807) is 0 Å². The lowest BCUT2D eigenvalue weighted by atomic mass is 10.0. The summed E-state index contributed by atoms with van der Waals surface area (Å²) >= 11 is 0. The summed E-state index contributed by atoms with van der Waals surface area (Å²) in [7, 11) is 0. The Morgan fingerprint density at radius 3 is 2.50 bits per heavy atom. The van der Waals surface area contributed by atoms with Gasteiger partial charge in [0.1, 0.15) is 6.04 Å². The van der Waals surface area contributed by atoms with Crippen LogP contribution in [0.4, 0.5) is 0 Å². The first-order valence-electron chi connectivity index (χ1n) is 7.15. The zero-order valence-corrected chi connectivity index (χ0v) is 11.7. The van der Waals surface area contributed by atoms with Gasteiger partial charge in [-0.15, -0.1) is 0 Å². The third kappa shape index (κ3) is 4.08. The molecule has 0 aromatic heterocycles. The fraction of sp³-hybridized carbons (Fsp3) is 0.500. The number of hydrogen-bond donors (Lipinski definition) is 2. The van der Waals surface area contributed by atoms with E-state index in [0.717, 1.165) is 18.4 Å². The zero-order valence-electron chi connectivity index (χ0n) is 11.7. The highest BCUT2D eigenvalue weighted by molar-refractivity contribution is 5.85. The normalized spacial score (nSPS) is 17.2. The number of carbonyl (C=O) groups is 2. The highest BCUT2D eigenvalue weighted by Gasteiger charge is 2.34. The molecule has 1 aliphatic carbocycles. The second kappa shape index (κ2) is 6.55. The third-order valence-corrected chi connectivity index (χ3v) is 3.92. The number of aliphatic carboxylic acids is 1. The van der Waals surface area contributed by atoms with E-state index in [1.165, 1.54) is 0 Å². The molecular weight excluding hydrogens is 254 g/mol. The Labute approximate surface area is 119 Å². The Hall–Kier alpha value is -1.84. The average Bonchev–Trinajstić information content (AvgIpc) is 3.27. The molecule has 1 unspecified atom stereocenters. The minimum Gasteiger partial charge on any atom is -0.480 e. The van der Waals surface area contributed by atoms with Gasteiger partial charge in [-0.3, -0.25) is 4.79 Å². The molecule has 0 radical (unpaired) electrons. The van der Waals surface area contributed by atoms with Gasteiger partial charge in [-0.2, -0.15) is 0 Å². The molecule has 4 nitrogen and oxygen atoms in total. The van der Waals surface area contributed by atoms with E-state index in [9.17, 15) is 14.7 Å². The van der Waals surface area contributed by atoms with Crippen molar-refractivity contribution in [3.63, 3.8) is 0 Å². The number of rotatable bonds is 7. The number of carbonyl (C=O) groups excluding carboxylic acids is 1. The van der Waals surface area contributed by atoms with Crippen LogP contribution in [0.5, 0.6) is 0 Å². The van der Waals surface area contributed by atoms with E-state index in [4.69, 9.17) is 0 Å². The number of carboxylic acids is 1. The highest BCUT2D eigenvalue weighted by atomic mass is 16.4. The van der Waals surface area contributed by atoms with Crippen molar-refractivity contribution in [2.24, 2.45) is 11.8 Å². The van der Waals surface area contributed by atoms with E-state index < -0.39 is 12.0 Å². The largest absolute Gasteiger partial charge is 0.480 e. The maximum atomic E-state index is 12.0. The minimum atomic E-state index is -0.961. The van der Waals surface area contributed by atoms with Gasteiger partial charge >= 0.3 is 5.97 Å². The molecule has 2 atom stereocenters. The lowest BCUT2D eigenvalue weighted by molar-refractivity contribution is -0.142. The van der Waals surface area contributed by atoms with Crippen molar-refractivity contribution in [1.82, 2.24) is 5.32 Å². The smallest absolute Gasteiger partial charge is 0.326 e. The van der Waals surface area contributed by atoms with Crippen LogP contribution in [0.15, 0.2) is 30.3 Å². The number of amides is 1. The molecule has 2 rings (SSSR count). The maximum Gasteiger partial charge on any atom is 0.326 e. The van der Waals surface area contributed by atoms with Crippen LogP contribution in [0.2, 0.25) is 0 Å². The van der Waals surface area contributed by atoms with Crippen molar-refractivity contribution in [3.05, 3.63) is 35.9 Å². The van der Waals surface area contributed by atoms with Gasteiger partial charge in [0.15, 0.2) is 0 Å². The quantitative estimate of drug-likeness (QED) is 0.802. The Bertz CT molecular complexity index is 468. The van der Waals surface area contributed by atoms with Gasteiger partial charge in [0, 0.05) is 5.92 Å². The van der Waals surface area contributed by atoms with Gasteiger partial charge < -0.3 is 10.4 Å².